The summed E-state index contributed by atoms with van der Waals surface area (Å²) >= 11 is 6.00. The van der Waals surface area contributed by atoms with Crippen LogP contribution in [0.25, 0.3) is 0 Å². The van der Waals surface area contributed by atoms with Crippen LogP contribution < -0.4 is 15.4 Å². The zero-order chi connectivity index (χ0) is 17.5. The summed E-state index contributed by atoms with van der Waals surface area (Å²) in [6.07, 6.45) is 0.797. The Morgan fingerprint density at radius 1 is 1.12 bits per heavy atom. The van der Waals surface area contributed by atoms with E-state index in [2.05, 4.69) is 10.6 Å². The molecule has 5 heteroatoms. The van der Waals surface area contributed by atoms with Gasteiger partial charge in [0.05, 0.1) is 19.2 Å². The highest BCUT2D eigenvalue weighted by molar-refractivity contribution is 6.30. The smallest absolute Gasteiger partial charge is 0.315 e. The Labute approximate surface area is 148 Å². The Balaban J connectivity index is 1.98. The van der Waals surface area contributed by atoms with Crippen LogP contribution in [0.3, 0.4) is 0 Å². The van der Waals surface area contributed by atoms with E-state index in [9.17, 15) is 4.79 Å². The second-order valence-corrected chi connectivity index (χ2v) is 6.06. The van der Waals surface area contributed by atoms with Crippen molar-refractivity contribution in [3.8, 4) is 5.75 Å². The fourth-order valence-corrected chi connectivity index (χ4v) is 2.71. The summed E-state index contributed by atoms with van der Waals surface area (Å²) in [5.74, 6) is 0.799. The highest BCUT2D eigenvalue weighted by Gasteiger charge is 2.15. The number of halogens is 1. The van der Waals surface area contributed by atoms with Crippen LogP contribution in [0.5, 0.6) is 5.75 Å². The van der Waals surface area contributed by atoms with Gasteiger partial charge in [0, 0.05) is 5.02 Å². The summed E-state index contributed by atoms with van der Waals surface area (Å²) in [5.41, 5.74) is 2.01. The van der Waals surface area contributed by atoms with Gasteiger partial charge < -0.3 is 15.4 Å². The molecule has 24 heavy (non-hydrogen) atoms. The molecule has 0 saturated heterocycles. The monoisotopic (exact) mass is 346 g/mol. The third kappa shape index (κ3) is 4.90. The molecule has 2 N–H and O–H groups in total. The van der Waals surface area contributed by atoms with Gasteiger partial charge in [-0.2, -0.15) is 0 Å². The third-order valence-corrected chi connectivity index (χ3v) is 4.16. The van der Waals surface area contributed by atoms with Crippen molar-refractivity contribution < 1.29 is 9.53 Å². The molecule has 2 aromatic carbocycles. The number of hydrogen-bond acceptors (Lipinski definition) is 2. The van der Waals surface area contributed by atoms with E-state index >= 15 is 0 Å². The van der Waals surface area contributed by atoms with Crippen molar-refractivity contribution in [1.29, 1.82) is 0 Å². The fraction of sp³-hybridized carbons (Fsp3) is 0.316. The number of nitrogens with one attached hydrogen (secondary N) is 2. The maximum atomic E-state index is 12.3. The summed E-state index contributed by atoms with van der Waals surface area (Å²) in [5, 5.41) is 6.62. The lowest BCUT2D eigenvalue weighted by Gasteiger charge is -2.21. The number of rotatable bonds is 6. The van der Waals surface area contributed by atoms with Crippen LogP contribution in [0.2, 0.25) is 5.02 Å². The first kappa shape index (κ1) is 18.1. The lowest BCUT2D eigenvalue weighted by atomic mass is 10.0. The lowest BCUT2D eigenvalue weighted by molar-refractivity contribution is 0.233. The summed E-state index contributed by atoms with van der Waals surface area (Å²) in [6, 6.07) is 14.8. The molecule has 2 amide bonds. The van der Waals surface area contributed by atoms with Gasteiger partial charge in [-0.1, -0.05) is 42.8 Å². The number of carbonyl (C=O) groups excluding carboxylic acids is 1. The molecule has 0 spiro atoms. The molecule has 128 valence electrons. The average Bonchev–Trinajstić information content (AvgIpc) is 2.59. The normalized spacial score (nSPS) is 13.0. The van der Waals surface area contributed by atoms with E-state index in [1.54, 1.807) is 7.11 Å². The van der Waals surface area contributed by atoms with Crippen molar-refractivity contribution in [3.05, 3.63) is 64.7 Å². The molecule has 0 radical (unpaired) electrons. The van der Waals surface area contributed by atoms with Crippen LogP contribution in [-0.2, 0) is 0 Å². The van der Waals surface area contributed by atoms with Gasteiger partial charge in [0.2, 0.25) is 0 Å². The fourth-order valence-electron chi connectivity index (χ4n) is 2.51. The second-order valence-electron chi connectivity index (χ2n) is 5.63. The molecule has 0 heterocycles. The summed E-state index contributed by atoms with van der Waals surface area (Å²) < 4.78 is 5.16. The Hall–Kier alpha value is -2.20. The number of benzene rings is 2. The minimum atomic E-state index is -0.204. The molecule has 2 unspecified atom stereocenters. The van der Waals surface area contributed by atoms with E-state index in [1.807, 2.05) is 62.4 Å². The number of amides is 2. The van der Waals surface area contributed by atoms with E-state index in [-0.39, 0.29) is 18.1 Å². The van der Waals surface area contributed by atoms with Gasteiger partial charge in [0.15, 0.2) is 0 Å². The number of carbonyl (C=O) groups is 1. The van der Waals surface area contributed by atoms with Gasteiger partial charge in [0.1, 0.15) is 5.75 Å². The van der Waals surface area contributed by atoms with Gasteiger partial charge in [0.25, 0.3) is 0 Å². The Morgan fingerprint density at radius 3 is 2.42 bits per heavy atom. The number of urea groups is 1. The van der Waals surface area contributed by atoms with E-state index < -0.39 is 0 Å². The van der Waals surface area contributed by atoms with Crippen LogP contribution >= 0.6 is 11.6 Å². The summed E-state index contributed by atoms with van der Waals surface area (Å²) in [7, 11) is 1.63. The van der Waals surface area contributed by atoms with Crippen molar-refractivity contribution in [3.63, 3.8) is 0 Å². The van der Waals surface area contributed by atoms with Crippen molar-refractivity contribution in [2.24, 2.45) is 0 Å². The first-order valence-corrected chi connectivity index (χ1v) is 8.37. The zero-order valence-electron chi connectivity index (χ0n) is 14.2. The molecule has 0 aromatic heterocycles. The molecule has 0 aliphatic carbocycles. The Bertz CT molecular complexity index is 673. The van der Waals surface area contributed by atoms with E-state index in [1.165, 1.54) is 0 Å². The van der Waals surface area contributed by atoms with Gasteiger partial charge in [-0.25, -0.2) is 4.79 Å². The maximum absolute atomic E-state index is 12.3. The third-order valence-electron chi connectivity index (χ3n) is 3.93. The van der Waals surface area contributed by atoms with Crippen molar-refractivity contribution in [2.45, 2.75) is 32.4 Å². The van der Waals surface area contributed by atoms with Gasteiger partial charge in [-0.15, -0.1) is 0 Å². The number of hydrogen-bond donors (Lipinski definition) is 2. The Morgan fingerprint density at radius 2 is 1.83 bits per heavy atom. The average molecular weight is 347 g/mol. The molecule has 0 saturated carbocycles. The summed E-state index contributed by atoms with van der Waals surface area (Å²) in [6.45, 7) is 3.97. The van der Waals surface area contributed by atoms with Gasteiger partial charge in [-0.3, -0.25) is 0 Å². The quantitative estimate of drug-likeness (QED) is 0.784. The van der Waals surface area contributed by atoms with Crippen molar-refractivity contribution >= 4 is 17.6 Å². The molecule has 0 aliphatic rings. The first-order chi connectivity index (χ1) is 11.5. The molecular formula is C19H23ClN2O2. The van der Waals surface area contributed by atoms with Crippen molar-refractivity contribution in [2.75, 3.05) is 7.11 Å². The Kier molecular flexibility index (Phi) is 6.50. The molecule has 0 aliphatic heterocycles. The number of ether oxygens (including phenoxy) is 1. The van der Waals surface area contributed by atoms with Crippen LogP contribution in [0, 0.1) is 0 Å². The minimum absolute atomic E-state index is 0.0533. The van der Waals surface area contributed by atoms with Crippen LogP contribution in [-0.4, -0.2) is 13.1 Å². The molecule has 2 atom stereocenters. The molecule has 4 nitrogen and oxygen atoms in total. The molecular weight excluding hydrogens is 324 g/mol. The highest BCUT2D eigenvalue weighted by Crippen LogP contribution is 2.21. The van der Waals surface area contributed by atoms with E-state index in [0.717, 1.165) is 23.3 Å². The van der Waals surface area contributed by atoms with Gasteiger partial charge >= 0.3 is 6.03 Å². The molecule has 0 fully saturated rings. The molecule has 2 rings (SSSR count). The zero-order valence-corrected chi connectivity index (χ0v) is 14.9. The van der Waals surface area contributed by atoms with E-state index in [0.29, 0.717) is 5.02 Å². The number of methoxy groups -OCH3 is 1. The topological polar surface area (TPSA) is 50.4 Å². The predicted molar refractivity (Wildman–Crippen MR) is 97.6 cm³/mol. The highest BCUT2D eigenvalue weighted by atomic mass is 35.5. The largest absolute Gasteiger partial charge is 0.497 e. The first-order valence-electron chi connectivity index (χ1n) is 8.00. The molecule has 2 aromatic rings. The standard InChI is InChI=1S/C19H23ClN2O2/c1-4-18(14-8-10-17(24-3)11-9-14)22-19(23)21-13(2)15-6-5-7-16(20)12-15/h5-13,18H,4H2,1-3H3,(H2,21,22,23). The van der Waals surface area contributed by atoms with Gasteiger partial charge in [-0.05, 0) is 48.7 Å². The summed E-state index contributed by atoms with van der Waals surface area (Å²) in [4.78, 5) is 12.3. The van der Waals surface area contributed by atoms with Crippen LogP contribution in [0.1, 0.15) is 43.5 Å². The minimum Gasteiger partial charge on any atom is -0.497 e. The predicted octanol–water partition coefficient (Wildman–Crippen LogP) is 4.86. The van der Waals surface area contributed by atoms with Crippen LogP contribution in [0.4, 0.5) is 4.79 Å². The second kappa shape index (κ2) is 8.60. The lowest BCUT2D eigenvalue weighted by Crippen LogP contribution is -2.39. The van der Waals surface area contributed by atoms with E-state index in [4.69, 9.17) is 16.3 Å². The van der Waals surface area contributed by atoms with Crippen LogP contribution in [0.15, 0.2) is 48.5 Å². The maximum Gasteiger partial charge on any atom is 0.315 e. The van der Waals surface area contributed by atoms with Crippen molar-refractivity contribution in [1.82, 2.24) is 10.6 Å². The SMILES string of the molecule is CCC(NC(=O)NC(C)c1cccc(Cl)c1)c1ccc(OC)cc1. The molecule has 0 bridgehead atoms.